The fourth-order valence-electron chi connectivity index (χ4n) is 3.51. The lowest BCUT2D eigenvalue weighted by atomic mass is 10.1. The second kappa shape index (κ2) is 7.84. The summed E-state index contributed by atoms with van der Waals surface area (Å²) in [5, 5.41) is 2.89. The largest absolute Gasteiger partial charge is 0.371 e. The molecule has 0 unspecified atom stereocenters. The third-order valence-electron chi connectivity index (χ3n) is 4.89. The van der Waals surface area contributed by atoms with Gasteiger partial charge in [0.25, 0.3) is 11.8 Å². The molecule has 0 bridgehead atoms. The van der Waals surface area contributed by atoms with E-state index in [1.165, 1.54) is 6.42 Å². The molecule has 136 valence electrons. The van der Waals surface area contributed by atoms with Gasteiger partial charge in [-0.25, -0.2) is 0 Å². The first-order valence-electron chi connectivity index (χ1n) is 8.93. The number of rotatable bonds is 5. The minimum Gasteiger partial charge on any atom is -0.371 e. The van der Waals surface area contributed by atoms with E-state index in [9.17, 15) is 9.59 Å². The van der Waals surface area contributed by atoms with Crippen molar-refractivity contribution in [1.82, 2.24) is 0 Å². The van der Waals surface area contributed by atoms with Crippen molar-refractivity contribution < 1.29 is 14.3 Å². The van der Waals surface area contributed by atoms with Crippen molar-refractivity contribution >= 4 is 23.2 Å². The van der Waals surface area contributed by atoms with Gasteiger partial charge in [-0.1, -0.05) is 0 Å². The van der Waals surface area contributed by atoms with E-state index in [4.69, 9.17) is 16.2 Å². The predicted molar refractivity (Wildman–Crippen MR) is 96.6 cm³/mol. The van der Waals surface area contributed by atoms with E-state index < -0.39 is 12.0 Å². The van der Waals surface area contributed by atoms with E-state index in [1.807, 2.05) is 6.07 Å². The van der Waals surface area contributed by atoms with Crippen LogP contribution < -0.4 is 21.7 Å². The Bertz CT molecular complexity index is 643. The summed E-state index contributed by atoms with van der Waals surface area (Å²) in [5.74, 6) is -0.629. The zero-order valence-electron chi connectivity index (χ0n) is 14.4. The second-order valence-electron chi connectivity index (χ2n) is 6.69. The summed E-state index contributed by atoms with van der Waals surface area (Å²) in [5.41, 5.74) is 13.0. The smallest absolute Gasteiger partial charge is 0.253 e. The first-order valence-corrected chi connectivity index (χ1v) is 8.93. The number of nitrogens with one attached hydrogen (secondary N) is 1. The summed E-state index contributed by atoms with van der Waals surface area (Å²) in [4.78, 5) is 26.3. The molecule has 5 N–H and O–H groups in total. The molecule has 0 aromatic heterocycles. The average Bonchev–Trinajstić information content (AvgIpc) is 3.11. The summed E-state index contributed by atoms with van der Waals surface area (Å²) in [7, 11) is 0. The maximum Gasteiger partial charge on any atom is 0.253 e. The molecule has 0 radical (unpaired) electrons. The fraction of sp³-hybridized carbons (Fsp3) is 0.556. The molecule has 1 aromatic carbocycles. The highest BCUT2D eigenvalue weighted by Gasteiger charge is 2.30. The van der Waals surface area contributed by atoms with E-state index >= 15 is 0 Å². The number of carbonyl (C=O) groups is 2. The molecule has 7 nitrogen and oxygen atoms in total. The van der Waals surface area contributed by atoms with Gasteiger partial charge in [0.1, 0.15) is 6.10 Å². The molecule has 1 aromatic rings. The Morgan fingerprint density at radius 2 is 1.96 bits per heavy atom. The van der Waals surface area contributed by atoms with Crippen molar-refractivity contribution in [2.75, 3.05) is 29.9 Å². The third kappa shape index (κ3) is 4.11. The van der Waals surface area contributed by atoms with Crippen molar-refractivity contribution in [3.8, 4) is 0 Å². The van der Waals surface area contributed by atoms with Crippen molar-refractivity contribution in [2.24, 2.45) is 11.5 Å². The Labute approximate surface area is 147 Å². The lowest BCUT2D eigenvalue weighted by molar-refractivity contribution is -0.126. The van der Waals surface area contributed by atoms with Crippen LogP contribution in [0.25, 0.3) is 0 Å². The van der Waals surface area contributed by atoms with Gasteiger partial charge in [0.05, 0.1) is 17.4 Å². The van der Waals surface area contributed by atoms with Gasteiger partial charge in [0.2, 0.25) is 0 Å². The molecule has 2 aliphatic heterocycles. The van der Waals surface area contributed by atoms with Crippen LogP contribution in [-0.2, 0) is 9.53 Å². The standard InChI is InChI=1S/C18H26N4O3/c19-11-13-5-7-16(25-13)18(24)21-12-4-6-14(17(20)23)15(10-12)22-8-2-1-3-9-22/h4,6,10,13,16H,1-3,5,7-9,11,19H2,(H2,20,23)(H,21,24)/t13-,16+/m1/s1. The molecular weight excluding hydrogens is 320 g/mol. The number of nitrogens with zero attached hydrogens (tertiary/aromatic N) is 1. The maximum absolute atomic E-state index is 12.4. The maximum atomic E-state index is 12.4. The first-order chi connectivity index (χ1) is 12.1. The monoisotopic (exact) mass is 346 g/mol. The minimum absolute atomic E-state index is 0.0445. The van der Waals surface area contributed by atoms with Crippen molar-refractivity contribution in [1.29, 1.82) is 0 Å². The molecule has 2 atom stereocenters. The normalized spacial score (nSPS) is 23.5. The molecule has 0 saturated carbocycles. The van der Waals surface area contributed by atoms with Gasteiger partial charge in [-0.15, -0.1) is 0 Å². The van der Waals surface area contributed by atoms with Crippen LogP contribution in [0.15, 0.2) is 18.2 Å². The molecule has 2 saturated heterocycles. The Morgan fingerprint density at radius 1 is 1.20 bits per heavy atom. The van der Waals surface area contributed by atoms with Gasteiger partial charge >= 0.3 is 0 Å². The molecule has 2 amide bonds. The SMILES string of the molecule is NC[C@H]1CC[C@@H](C(=O)Nc2ccc(C(N)=O)c(N3CCCCC3)c2)O1. The van der Waals surface area contributed by atoms with Gasteiger partial charge in [0.15, 0.2) is 0 Å². The van der Waals surface area contributed by atoms with Crippen LogP contribution in [0.1, 0.15) is 42.5 Å². The number of amides is 2. The quantitative estimate of drug-likeness (QED) is 0.742. The van der Waals surface area contributed by atoms with Gasteiger partial charge in [-0.2, -0.15) is 0 Å². The Morgan fingerprint density at radius 3 is 2.60 bits per heavy atom. The van der Waals surface area contributed by atoms with Crippen LogP contribution >= 0.6 is 0 Å². The van der Waals surface area contributed by atoms with Crippen LogP contribution in [0, 0.1) is 0 Å². The van der Waals surface area contributed by atoms with Crippen LogP contribution in [0.4, 0.5) is 11.4 Å². The number of hydrogen-bond donors (Lipinski definition) is 3. The Kier molecular flexibility index (Phi) is 5.55. The van der Waals surface area contributed by atoms with E-state index in [2.05, 4.69) is 10.2 Å². The number of hydrogen-bond acceptors (Lipinski definition) is 5. The number of ether oxygens (including phenoxy) is 1. The number of anilines is 2. The lowest BCUT2D eigenvalue weighted by Gasteiger charge is -2.30. The molecule has 2 aliphatic rings. The first kappa shape index (κ1) is 17.7. The molecule has 2 fully saturated rings. The summed E-state index contributed by atoms with van der Waals surface area (Å²) < 4.78 is 5.63. The highest BCUT2D eigenvalue weighted by atomic mass is 16.5. The van der Waals surface area contributed by atoms with Crippen LogP contribution in [0.2, 0.25) is 0 Å². The molecule has 25 heavy (non-hydrogen) atoms. The van der Waals surface area contributed by atoms with Crippen molar-refractivity contribution in [3.05, 3.63) is 23.8 Å². The highest BCUT2D eigenvalue weighted by Crippen LogP contribution is 2.28. The molecule has 3 rings (SSSR count). The second-order valence-corrected chi connectivity index (χ2v) is 6.69. The zero-order chi connectivity index (χ0) is 17.8. The highest BCUT2D eigenvalue weighted by molar-refractivity contribution is 6.01. The van der Waals surface area contributed by atoms with Crippen LogP contribution in [0.3, 0.4) is 0 Å². The van der Waals surface area contributed by atoms with Gasteiger partial charge in [-0.3, -0.25) is 9.59 Å². The molecule has 0 aliphatic carbocycles. The molecular formula is C18H26N4O3. The van der Waals surface area contributed by atoms with Crippen LogP contribution in [-0.4, -0.2) is 43.7 Å². The average molecular weight is 346 g/mol. The minimum atomic E-state index is -0.470. The van der Waals surface area contributed by atoms with Crippen molar-refractivity contribution in [2.45, 2.75) is 44.3 Å². The van der Waals surface area contributed by atoms with E-state index in [0.717, 1.165) is 38.0 Å². The van der Waals surface area contributed by atoms with E-state index in [0.29, 0.717) is 24.2 Å². The number of primary amides is 1. The lowest BCUT2D eigenvalue weighted by Crippen LogP contribution is -2.32. The summed E-state index contributed by atoms with van der Waals surface area (Å²) in [6, 6.07) is 5.22. The van der Waals surface area contributed by atoms with Gasteiger partial charge in [-0.05, 0) is 50.3 Å². The summed E-state index contributed by atoms with van der Waals surface area (Å²) >= 11 is 0. The number of carbonyl (C=O) groups excluding carboxylic acids is 2. The zero-order valence-corrected chi connectivity index (χ0v) is 14.4. The van der Waals surface area contributed by atoms with E-state index in [-0.39, 0.29) is 12.0 Å². The van der Waals surface area contributed by atoms with Crippen molar-refractivity contribution in [3.63, 3.8) is 0 Å². The number of nitrogens with two attached hydrogens (primary N) is 2. The Balaban J connectivity index is 1.75. The molecule has 0 spiro atoms. The molecule has 7 heteroatoms. The number of benzene rings is 1. The third-order valence-corrected chi connectivity index (χ3v) is 4.89. The van der Waals surface area contributed by atoms with Gasteiger partial charge in [0, 0.05) is 25.3 Å². The van der Waals surface area contributed by atoms with Gasteiger partial charge < -0.3 is 26.4 Å². The topological polar surface area (TPSA) is 111 Å². The molecule has 2 heterocycles. The number of piperidine rings is 1. The van der Waals surface area contributed by atoms with Crippen LogP contribution in [0.5, 0.6) is 0 Å². The summed E-state index contributed by atoms with van der Waals surface area (Å²) in [6.45, 7) is 2.21. The summed E-state index contributed by atoms with van der Waals surface area (Å²) in [6.07, 6.45) is 4.33. The predicted octanol–water partition coefficient (Wildman–Crippen LogP) is 1.22. The van der Waals surface area contributed by atoms with E-state index in [1.54, 1.807) is 12.1 Å². The Hall–Kier alpha value is -2.12. The fourth-order valence-corrected chi connectivity index (χ4v) is 3.51.